The van der Waals surface area contributed by atoms with E-state index in [4.69, 9.17) is 39.8 Å². The number of oxazole rings is 1. The van der Waals surface area contributed by atoms with Crippen molar-refractivity contribution in [3.05, 3.63) is 94.0 Å². The highest BCUT2D eigenvalue weighted by atomic mass is 35.5. The van der Waals surface area contributed by atoms with Crippen LogP contribution in [0.25, 0.3) is 33.3 Å². The van der Waals surface area contributed by atoms with Crippen molar-refractivity contribution < 1.29 is 9.21 Å². The fourth-order valence-corrected chi connectivity index (χ4v) is 4.31. The number of nitrogens with zero attached hydrogens (tertiary/aromatic N) is 1. The van der Waals surface area contributed by atoms with Gasteiger partial charge in [0.25, 0.3) is 5.91 Å². The zero-order valence-electron chi connectivity index (χ0n) is 17.9. The van der Waals surface area contributed by atoms with Crippen LogP contribution in [0.2, 0.25) is 10.0 Å². The largest absolute Gasteiger partial charge is 0.436 e. The maximum Gasteiger partial charge on any atom is 0.258 e. The van der Waals surface area contributed by atoms with Gasteiger partial charge in [-0.05, 0) is 72.6 Å². The molecule has 168 valence electrons. The molecule has 1 amide bonds. The number of fused-ring (bicyclic) bond motifs is 2. The number of aromatic nitrogens is 1. The molecule has 5 nitrogen and oxygen atoms in total. The van der Waals surface area contributed by atoms with Gasteiger partial charge in [-0.3, -0.25) is 10.1 Å². The molecular weight excluding hydrogens is 489 g/mol. The maximum atomic E-state index is 12.9. The van der Waals surface area contributed by atoms with E-state index in [1.165, 1.54) is 0 Å². The first kappa shape index (κ1) is 22.3. The summed E-state index contributed by atoms with van der Waals surface area (Å²) >= 11 is 18.0. The smallest absolute Gasteiger partial charge is 0.258 e. The van der Waals surface area contributed by atoms with E-state index in [0.717, 1.165) is 27.4 Å². The summed E-state index contributed by atoms with van der Waals surface area (Å²) in [6, 6.07) is 21.9. The summed E-state index contributed by atoms with van der Waals surface area (Å²) in [6.45, 7) is 2.00. The molecule has 0 bridgehead atoms. The third kappa shape index (κ3) is 4.35. The van der Waals surface area contributed by atoms with Crippen LogP contribution in [0.4, 0.5) is 5.69 Å². The molecule has 0 aliphatic carbocycles. The molecule has 1 heterocycles. The van der Waals surface area contributed by atoms with Gasteiger partial charge in [-0.25, -0.2) is 4.98 Å². The van der Waals surface area contributed by atoms with Gasteiger partial charge in [0.05, 0.1) is 10.7 Å². The van der Waals surface area contributed by atoms with Crippen LogP contribution in [0.1, 0.15) is 15.9 Å². The summed E-state index contributed by atoms with van der Waals surface area (Å²) in [5.41, 5.74) is 4.27. The van der Waals surface area contributed by atoms with E-state index in [0.29, 0.717) is 32.8 Å². The van der Waals surface area contributed by atoms with Crippen molar-refractivity contribution in [2.75, 3.05) is 5.32 Å². The van der Waals surface area contributed by atoms with Crippen LogP contribution < -0.4 is 10.6 Å². The zero-order chi connectivity index (χ0) is 23.8. The van der Waals surface area contributed by atoms with Crippen LogP contribution in [0.15, 0.2) is 77.2 Å². The second kappa shape index (κ2) is 9.06. The van der Waals surface area contributed by atoms with Crippen LogP contribution in [0.3, 0.4) is 0 Å². The molecule has 8 heteroatoms. The maximum absolute atomic E-state index is 12.9. The Bertz CT molecular complexity index is 1600. The predicted molar refractivity (Wildman–Crippen MR) is 142 cm³/mol. The molecule has 0 saturated heterocycles. The Hall–Kier alpha value is -3.45. The molecule has 2 N–H and O–H groups in total. The number of anilines is 1. The Labute approximate surface area is 210 Å². The third-order valence-electron chi connectivity index (χ3n) is 5.35. The molecule has 5 aromatic rings. The molecule has 0 fully saturated rings. The van der Waals surface area contributed by atoms with Gasteiger partial charge >= 0.3 is 0 Å². The zero-order valence-corrected chi connectivity index (χ0v) is 20.2. The lowest BCUT2D eigenvalue weighted by Gasteiger charge is -2.13. The van der Waals surface area contributed by atoms with Crippen molar-refractivity contribution in [3.63, 3.8) is 0 Å². The van der Waals surface area contributed by atoms with Crippen molar-refractivity contribution in [2.45, 2.75) is 6.92 Å². The van der Waals surface area contributed by atoms with Gasteiger partial charge in [0.1, 0.15) is 5.52 Å². The Morgan fingerprint density at radius 1 is 0.941 bits per heavy atom. The molecule has 1 aromatic heterocycles. The Balaban J connectivity index is 1.38. The van der Waals surface area contributed by atoms with E-state index in [1.807, 2.05) is 43.3 Å². The topological polar surface area (TPSA) is 67.2 Å². The summed E-state index contributed by atoms with van der Waals surface area (Å²) < 4.78 is 5.89. The van der Waals surface area contributed by atoms with E-state index in [9.17, 15) is 4.79 Å². The van der Waals surface area contributed by atoms with Gasteiger partial charge in [0.2, 0.25) is 5.89 Å². The third-order valence-corrected chi connectivity index (χ3v) is 6.21. The van der Waals surface area contributed by atoms with Crippen LogP contribution in [-0.2, 0) is 0 Å². The second-order valence-electron chi connectivity index (χ2n) is 7.73. The number of nitrogens with one attached hydrogen (secondary N) is 2. The summed E-state index contributed by atoms with van der Waals surface area (Å²) in [4.78, 5) is 17.5. The normalized spacial score (nSPS) is 11.0. The number of benzene rings is 4. The van der Waals surface area contributed by atoms with Gasteiger partial charge in [-0.2, -0.15) is 0 Å². The van der Waals surface area contributed by atoms with Crippen molar-refractivity contribution in [2.24, 2.45) is 0 Å². The van der Waals surface area contributed by atoms with Crippen molar-refractivity contribution in [1.82, 2.24) is 10.3 Å². The predicted octanol–water partition coefficient (Wildman–Crippen LogP) is 7.39. The average Bonchev–Trinajstić information content (AvgIpc) is 3.23. The number of hydrogen-bond acceptors (Lipinski definition) is 4. The fraction of sp³-hybridized carbons (Fsp3) is 0.0385. The quantitative estimate of drug-likeness (QED) is 0.250. The monoisotopic (exact) mass is 505 g/mol. The SMILES string of the molecule is Cc1ccc2oc(-c3ccc(Cl)c(NC(=S)NC(=O)c4cccc5c(Cl)cccc45)c3)nc2c1. The molecule has 5 rings (SSSR count). The molecule has 0 aliphatic rings. The molecule has 34 heavy (non-hydrogen) atoms. The minimum atomic E-state index is -0.355. The first-order chi connectivity index (χ1) is 16.4. The highest BCUT2D eigenvalue weighted by molar-refractivity contribution is 7.80. The molecule has 0 spiro atoms. The first-order valence-corrected chi connectivity index (χ1v) is 11.5. The van der Waals surface area contributed by atoms with E-state index in [1.54, 1.807) is 36.4 Å². The fourth-order valence-electron chi connectivity index (χ4n) is 3.71. The summed E-state index contributed by atoms with van der Waals surface area (Å²) in [5, 5.41) is 8.35. The number of carbonyl (C=O) groups excluding carboxylic acids is 1. The second-order valence-corrected chi connectivity index (χ2v) is 8.96. The molecule has 0 aliphatic heterocycles. The van der Waals surface area contributed by atoms with E-state index in [-0.39, 0.29) is 11.0 Å². The number of halogens is 2. The molecule has 0 radical (unpaired) electrons. The van der Waals surface area contributed by atoms with E-state index < -0.39 is 0 Å². The molecule has 0 atom stereocenters. The molecule has 0 saturated carbocycles. The van der Waals surface area contributed by atoms with Crippen molar-refractivity contribution in [1.29, 1.82) is 0 Å². The van der Waals surface area contributed by atoms with Crippen molar-refractivity contribution >= 4 is 74.0 Å². The van der Waals surface area contributed by atoms with Gasteiger partial charge < -0.3 is 9.73 Å². The Morgan fingerprint density at radius 2 is 1.74 bits per heavy atom. The lowest BCUT2D eigenvalue weighted by Crippen LogP contribution is -2.34. The van der Waals surface area contributed by atoms with Crippen LogP contribution >= 0.6 is 35.4 Å². The number of aryl methyl sites for hydroxylation is 1. The number of rotatable bonds is 3. The summed E-state index contributed by atoms with van der Waals surface area (Å²) in [6.07, 6.45) is 0. The van der Waals surface area contributed by atoms with Crippen molar-refractivity contribution in [3.8, 4) is 11.5 Å². The number of carbonyl (C=O) groups is 1. The van der Waals surface area contributed by atoms with Gasteiger partial charge in [0, 0.05) is 21.5 Å². The molecule has 0 unspecified atom stereocenters. The summed E-state index contributed by atoms with van der Waals surface area (Å²) in [7, 11) is 0. The lowest BCUT2D eigenvalue weighted by molar-refractivity contribution is 0.0979. The highest BCUT2D eigenvalue weighted by Crippen LogP contribution is 2.31. The Kier molecular flexibility index (Phi) is 5.96. The first-order valence-electron chi connectivity index (χ1n) is 10.4. The summed E-state index contributed by atoms with van der Waals surface area (Å²) in [5.74, 6) is 0.106. The van der Waals surface area contributed by atoms with Crippen LogP contribution in [0.5, 0.6) is 0 Å². The lowest BCUT2D eigenvalue weighted by atomic mass is 10.0. The Morgan fingerprint density at radius 3 is 2.59 bits per heavy atom. The number of amides is 1. The molecular formula is C26H17Cl2N3O2S. The van der Waals surface area contributed by atoms with Crippen LogP contribution in [0, 0.1) is 6.92 Å². The average molecular weight is 506 g/mol. The van der Waals surface area contributed by atoms with Gasteiger partial charge in [0.15, 0.2) is 10.7 Å². The number of hydrogen-bond donors (Lipinski definition) is 2. The van der Waals surface area contributed by atoms with Gasteiger partial charge in [-0.1, -0.05) is 53.5 Å². The van der Waals surface area contributed by atoms with Crippen LogP contribution in [-0.4, -0.2) is 16.0 Å². The minimum Gasteiger partial charge on any atom is -0.436 e. The van der Waals surface area contributed by atoms with E-state index >= 15 is 0 Å². The highest BCUT2D eigenvalue weighted by Gasteiger charge is 2.15. The molecule has 4 aromatic carbocycles. The van der Waals surface area contributed by atoms with Gasteiger partial charge in [-0.15, -0.1) is 0 Å². The standard InChI is InChI=1S/C26H17Cl2N3O2S/c1-14-8-11-23-22(12-14)29-25(33-23)15-9-10-20(28)21(13-15)30-26(34)31-24(32)18-6-2-5-17-16(18)4-3-7-19(17)27/h2-13H,1H3,(H2,30,31,32,34). The number of thiocarbonyl (C=S) groups is 1. The minimum absolute atomic E-state index is 0.108. The van der Waals surface area contributed by atoms with E-state index in [2.05, 4.69) is 15.6 Å².